The summed E-state index contributed by atoms with van der Waals surface area (Å²) in [5, 5.41) is 0.800. The van der Waals surface area contributed by atoms with E-state index < -0.39 is 17.8 Å². The highest BCUT2D eigenvalue weighted by atomic mass is 16.5. The number of H-pyrrole nitrogens is 1. The Morgan fingerprint density at radius 1 is 1.14 bits per heavy atom. The van der Waals surface area contributed by atoms with Crippen molar-refractivity contribution in [3.8, 4) is 0 Å². The van der Waals surface area contributed by atoms with Crippen LogP contribution in [-0.4, -0.2) is 27.4 Å². The van der Waals surface area contributed by atoms with Crippen LogP contribution in [0, 0.1) is 6.92 Å². The van der Waals surface area contributed by atoms with Gasteiger partial charge in [-0.15, -0.1) is 0 Å². The van der Waals surface area contributed by atoms with E-state index in [1.807, 2.05) is 31.2 Å². The largest absolute Gasteiger partial charge is 0.454 e. The van der Waals surface area contributed by atoms with E-state index in [0.29, 0.717) is 16.7 Å². The SMILES string of the molecule is Cc1[nH]c2ccccc2c1C(=O)[C@H](C)OC(=O)CCn1c(=O)oc2ccccc21. The molecule has 29 heavy (non-hydrogen) atoms. The molecule has 2 aromatic heterocycles. The third kappa shape index (κ3) is 3.47. The van der Waals surface area contributed by atoms with Crippen LogP contribution < -0.4 is 5.76 Å². The van der Waals surface area contributed by atoms with E-state index in [9.17, 15) is 14.4 Å². The summed E-state index contributed by atoms with van der Waals surface area (Å²) < 4.78 is 11.9. The predicted molar refractivity (Wildman–Crippen MR) is 108 cm³/mol. The average molecular weight is 392 g/mol. The standard InChI is InChI=1S/C22H20N2O5/c1-13-20(15-7-3-4-8-16(15)23-13)21(26)14(2)28-19(25)11-12-24-17-9-5-6-10-18(17)29-22(24)27/h3-10,14,23H,11-12H2,1-2H3/t14-/m0/s1. The lowest BCUT2D eigenvalue weighted by Crippen LogP contribution is -2.26. The van der Waals surface area contributed by atoms with Gasteiger partial charge in [0, 0.05) is 28.7 Å². The van der Waals surface area contributed by atoms with Crippen molar-refractivity contribution in [1.29, 1.82) is 0 Å². The molecule has 0 saturated carbocycles. The lowest BCUT2D eigenvalue weighted by molar-refractivity contribution is -0.146. The summed E-state index contributed by atoms with van der Waals surface area (Å²) in [6.07, 6.45) is -0.980. The molecule has 4 rings (SSSR count). The Balaban J connectivity index is 1.45. The normalized spacial score (nSPS) is 12.3. The van der Waals surface area contributed by atoms with Crippen LogP contribution in [0.25, 0.3) is 22.0 Å². The van der Waals surface area contributed by atoms with Crippen molar-refractivity contribution in [3.05, 3.63) is 70.3 Å². The second-order valence-electron chi connectivity index (χ2n) is 6.90. The summed E-state index contributed by atoms with van der Waals surface area (Å²) >= 11 is 0. The van der Waals surface area contributed by atoms with Crippen LogP contribution in [0.15, 0.2) is 57.7 Å². The van der Waals surface area contributed by atoms with Gasteiger partial charge in [-0.2, -0.15) is 0 Å². The zero-order valence-corrected chi connectivity index (χ0v) is 16.1. The van der Waals surface area contributed by atoms with Crippen LogP contribution in [-0.2, 0) is 16.1 Å². The fraction of sp³-hybridized carbons (Fsp3) is 0.227. The lowest BCUT2D eigenvalue weighted by Gasteiger charge is -2.13. The van der Waals surface area contributed by atoms with Crippen LogP contribution in [0.2, 0.25) is 0 Å². The van der Waals surface area contributed by atoms with Gasteiger partial charge in [-0.3, -0.25) is 14.2 Å². The molecule has 148 valence electrons. The van der Waals surface area contributed by atoms with Crippen molar-refractivity contribution in [2.24, 2.45) is 0 Å². The van der Waals surface area contributed by atoms with Crippen molar-refractivity contribution >= 4 is 33.8 Å². The minimum Gasteiger partial charge on any atom is -0.454 e. The maximum absolute atomic E-state index is 12.9. The summed E-state index contributed by atoms with van der Waals surface area (Å²) in [4.78, 5) is 40.3. The second-order valence-corrected chi connectivity index (χ2v) is 6.90. The number of hydrogen-bond acceptors (Lipinski definition) is 5. The van der Waals surface area contributed by atoms with E-state index in [2.05, 4.69) is 4.98 Å². The van der Waals surface area contributed by atoms with Gasteiger partial charge in [0.2, 0.25) is 5.78 Å². The number of nitrogens with one attached hydrogen (secondary N) is 1. The average Bonchev–Trinajstić information content (AvgIpc) is 3.20. The van der Waals surface area contributed by atoms with Crippen molar-refractivity contribution < 1.29 is 18.7 Å². The molecule has 4 aromatic rings. The Bertz CT molecular complexity index is 1280. The molecule has 0 aliphatic carbocycles. The molecule has 7 heteroatoms. The Morgan fingerprint density at radius 2 is 1.86 bits per heavy atom. The Labute approximate surface area is 165 Å². The number of Topliss-reactive ketones (excluding diaryl/α,β-unsaturated/α-hetero) is 1. The highest BCUT2D eigenvalue weighted by molar-refractivity contribution is 6.11. The molecule has 2 aromatic carbocycles. The first kappa shape index (κ1) is 18.7. The molecular weight excluding hydrogens is 372 g/mol. The van der Waals surface area contributed by atoms with Gasteiger partial charge in [0.1, 0.15) is 0 Å². The van der Waals surface area contributed by atoms with E-state index >= 15 is 0 Å². The number of ketones is 1. The number of rotatable bonds is 6. The van der Waals surface area contributed by atoms with Crippen LogP contribution in [0.1, 0.15) is 29.4 Å². The van der Waals surface area contributed by atoms with Gasteiger partial charge in [0.15, 0.2) is 11.7 Å². The third-order valence-electron chi connectivity index (χ3n) is 4.93. The quantitative estimate of drug-likeness (QED) is 0.400. The fourth-order valence-electron chi connectivity index (χ4n) is 3.54. The lowest BCUT2D eigenvalue weighted by atomic mass is 10.0. The summed E-state index contributed by atoms with van der Waals surface area (Å²) in [5.41, 5.74) is 3.19. The van der Waals surface area contributed by atoms with Gasteiger partial charge in [0.25, 0.3) is 0 Å². The van der Waals surface area contributed by atoms with Gasteiger partial charge >= 0.3 is 11.7 Å². The molecule has 0 bridgehead atoms. The number of para-hydroxylation sites is 3. The van der Waals surface area contributed by atoms with Gasteiger partial charge in [-0.05, 0) is 32.0 Å². The summed E-state index contributed by atoms with van der Waals surface area (Å²) in [6, 6.07) is 14.5. The van der Waals surface area contributed by atoms with Crippen molar-refractivity contribution in [3.63, 3.8) is 0 Å². The molecule has 0 saturated heterocycles. The number of carbonyl (C=O) groups is 2. The first-order valence-electron chi connectivity index (χ1n) is 9.35. The van der Waals surface area contributed by atoms with Crippen LogP contribution >= 0.6 is 0 Å². The van der Waals surface area contributed by atoms with Gasteiger partial charge < -0.3 is 14.1 Å². The molecule has 0 aliphatic heterocycles. The molecule has 2 heterocycles. The van der Waals surface area contributed by atoms with E-state index in [-0.39, 0.29) is 18.7 Å². The first-order chi connectivity index (χ1) is 14.0. The number of oxazole rings is 1. The summed E-state index contributed by atoms with van der Waals surface area (Å²) in [6.45, 7) is 3.49. The van der Waals surface area contributed by atoms with Crippen molar-refractivity contribution in [1.82, 2.24) is 9.55 Å². The Hall–Kier alpha value is -3.61. The predicted octanol–water partition coefficient (Wildman–Crippen LogP) is 3.59. The third-order valence-corrected chi connectivity index (χ3v) is 4.93. The van der Waals surface area contributed by atoms with Gasteiger partial charge in [-0.25, -0.2) is 4.79 Å². The molecule has 1 atom stereocenters. The summed E-state index contributed by atoms with van der Waals surface area (Å²) in [5.74, 6) is -1.35. The highest BCUT2D eigenvalue weighted by Crippen LogP contribution is 2.24. The maximum Gasteiger partial charge on any atom is 0.419 e. The molecule has 0 radical (unpaired) electrons. The van der Waals surface area contributed by atoms with E-state index in [4.69, 9.17) is 9.15 Å². The molecule has 7 nitrogen and oxygen atoms in total. The van der Waals surface area contributed by atoms with Crippen LogP contribution in [0.5, 0.6) is 0 Å². The molecule has 1 N–H and O–H groups in total. The number of nitrogens with zero attached hydrogens (tertiary/aromatic N) is 1. The maximum atomic E-state index is 12.9. The van der Waals surface area contributed by atoms with Crippen LogP contribution in [0.4, 0.5) is 0 Å². The minimum atomic E-state index is -0.932. The Morgan fingerprint density at radius 3 is 2.69 bits per heavy atom. The number of aromatic amines is 1. The fourth-order valence-corrected chi connectivity index (χ4v) is 3.54. The molecule has 0 spiro atoms. The van der Waals surface area contributed by atoms with Crippen LogP contribution in [0.3, 0.4) is 0 Å². The second kappa shape index (κ2) is 7.43. The van der Waals surface area contributed by atoms with Crippen molar-refractivity contribution in [2.45, 2.75) is 32.9 Å². The van der Waals surface area contributed by atoms with Gasteiger partial charge in [-0.1, -0.05) is 30.3 Å². The van der Waals surface area contributed by atoms with E-state index in [1.54, 1.807) is 31.2 Å². The molecule has 0 amide bonds. The van der Waals surface area contributed by atoms with Gasteiger partial charge in [0.05, 0.1) is 11.9 Å². The number of ether oxygens (including phenoxy) is 1. The zero-order chi connectivity index (χ0) is 20.5. The zero-order valence-electron chi connectivity index (χ0n) is 16.1. The Kier molecular flexibility index (Phi) is 4.80. The number of esters is 1. The number of hydrogen-bond donors (Lipinski definition) is 1. The summed E-state index contributed by atoms with van der Waals surface area (Å²) in [7, 11) is 0. The monoisotopic (exact) mass is 392 g/mol. The number of carbonyl (C=O) groups excluding carboxylic acids is 2. The van der Waals surface area contributed by atoms with Crippen molar-refractivity contribution in [2.75, 3.05) is 0 Å². The van der Waals surface area contributed by atoms with E-state index in [0.717, 1.165) is 16.6 Å². The number of benzene rings is 2. The molecule has 0 aliphatic rings. The number of aryl methyl sites for hydroxylation is 2. The van der Waals surface area contributed by atoms with E-state index in [1.165, 1.54) is 4.57 Å². The topological polar surface area (TPSA) is 94.3 Å². The number of aromatic nitrogens is 2. The highest BCUT2D eigenvalue weighted by Gasteiger charge is 2.24. The molecule has 0 fully saturated rings. The first-order valence-corrected chi connectivity index (χ1v) is 9.35. The molecular formula is C22H20N2O5. The minimum absolute atomic E-state index is 0.0477. The number of fused-ring (bicyclic) bond motifs is 2. The smallest absolute Gasteiger partial charge is 0.419 e. The molecule has 0 unspecified atom stereocenters.